The predicted octanol–water partition coefficient (Wildman–Crippen LogP) is 3.21. The van der Waals surface area contributed by atoms with Crippen molar-refractivity contribution in [3.05, 3.63) is 70.0 Å². The van der Waals surface area contributed by atoms with Gasteiger partial charge in [-0.2, -0.15) is 0 Å². The van der Waals surface area contributed by atoms with Crippen LogP contribution in [0.25, 0.3) is 33.1 Å². The Morgan fingerprint density at radius 1 is 1.11 bits per heavy atom. The first-order valence-electron chi connectivity index (χ1n) is 11.4. The molecular weight excluding hydrogens is 485 g/mol. The van der Waals surface area contributed by atoms with Crippen LogP contribution in [-0.2, 0) is 16.0 Å². The number of furan rings is 1. The van der Waals surface area contributed by atoms with Crippen LogP contribution in [0, 0.1) is 12.7 Å². The van der Waals surface area contributed by atoms with E-state index < -0.39 is 29.6 Å². The van der Waals surface area contributed by atoms with Gasteiger partial charge in [0.05, 0.1) is 18.2 Å². The molecule has 4 aromatic rings. The van der Waals surface area contributed by atoms with E-state index >= 15 is 0 Å². The van der Waals surface area contributed by atoms with Crippen LogP contribution in [0.1, 0.15) is 24.0 Å². The third-order valence-corrected chi connectivity index (χ3v) is 6.08. The summed E-state index contributed by atoms with van der Waals surface area (Å²) in [6.45, 7) is 1.83. The Bertz CT molecular complexity index is 1560. The fraction of sp³-hybridized carbons (Fsp3) is 0.231. The molecule has 0 fully saturated rings. The molecule has 0 aliphatic carbocycles. The number of carboxylic acids is 1. The topological polar surface area (TPSA) is 165 Å². The summed E-state index contributed by atoms with van der Waals surface area (Å²) in [6, 6.07) is 7.35. The van der Waals surface area contributed by atoms with Gasteiger partial charge in [0.15, 0.2) is 0 Å². The zero-order chi connectivity index (χ0) is 26.7. The Morgan fingerprint density at radius 3 is 2.51 bits per heavy atom. The molecule has 2 heterocycles. The van der Waals surface area contributed by atoms with E-state index in [9.17, 15) is 28.7 Å². The lowest BCUT2D eigenvalue weighted by Crippen LogP contribution is -2.42. The molecule has 5 N–H and O–H groups in total. The van der Waals surface area contributed by atoms with Gasteiger partial charge in [0, 0.05) is 28.9 Å². The minimum atomic E-state index is -1.25. The fourth-order valence-electron chi connectivity index (χ4n) is 4.15. The number of aryl methyl sites for hydroxylation is 1. The Kier molecular flexibility index (Phi) is 7.23. The molecule has 4 rings (SSSR count). The molecule has 2 aromatic heterocycles. The summed E-state index contributed by atoms with van der Waals surface area (Å²) in [7, 11) is 0. The van der Waals surface area contributed by atoms with E-state index in [1.165, 1.54) is 18.4 Å². The van der Waals surface area contributed by atoms with Crippen LogP contribution in [-0.4, -0.2) is 35.6 Å². The number of fused-ring (bicyclic) bond motifs is 2. The molecule has 0 aliphatic heterocycles. The molecule has 0 spiro atoms. The summed E-state index contributed by atoms with van der Waals surface area (Å²) < 4.78 is 24.5. The third kappa shape index (κ3) is 5.61. The van der Waals surface area contributed by atoms with Gasteiger partial charge >= 0.3 is 17.6 Å². The second-order valence-corrected chi connectivity index (χ2v) is 8.56. The van der Waals surface area contributed by atoms with Crippen molar-refractivity contribution in [3.63, 3.8) is 0 Å². The summed E-state index contributed by atoms with van der Waals surface area (Å²) in [5.41, 5.74) is 7.05. The highest BCUT2D eigenvalue weighted by Gasteiger charge is 2.22. The van der Waals surface area contributed by atoms with E-state index in [1.54, 1.807) is 31.2 Å². The molecule has 0 saturated heterocycles. The first kappa shape index (κ1) is 25.4. The van der Waals surface area contributed by atoms with Crippen molar-refractivity contribution in [1.82, 2.24) is 10.6 Å². The van der Waals surface area contributed by atoms with Gasteiger partial charge in [-0.15, -0.1) is 0 Å². The predicted molar refractivity (Wildman–Crippen MR) is 132 cm³/mol. The van der Waals surface area contributed by atoms with Gasteiger partial charge in [-0.25, -0.2) is 18.8 Å². The maximum Gasteiger partial charge on any atom is 0.340 e. The van der Waals surface area contributed by atoms with Crippen LogP contribution in [0.15, 0.2) is 56.3 Å². The largest absolute Gasteiger partial charge is 0.480 e. The molecule has 1 unspecified atom stereocenters. The molecule has 0 radical (unpaired) electrons. The molecule has 3 amide bonds. The maximum atomic E-state index is 13.4. The van der Waals surface area contributed by atoms with Gasteiger partial charge in [-0.05, 0) is 49.1 Å². The van der Waals surface area contributed by atoms with E-state index in [0.717, 1.165) is 11.1 Å². The first-order valence-corrected chi connectivity index (χ1v) is 11.4. The van der Waals surface area contributed by atoms with Crippen LogP contribution in [0.4, 0.5) is 9.18 Å². The minimum absolute atomic E-state index is 0.0529. The number of carbonyl (C=O) groups excluding carboxylic acids is 2. The molecular formula is C26H24FN3O7. The molecule has 10 nitrogen and oxygen atoms in total. The number of carbonyl (C=O) groups is 3. The zero-order valence-corrected chi connectivity index (χ0v) is 19.8. The lowest BCUT2D eigenvalue weighted by Gasteiger charge is -2.15. The molecule has 0 aliphatic rings. The van der Waals surface area contributed by atoms with Crippen LogP contribution in [0.5, 0.6) is 0 Å². The number of rotatable bonds is 9. The standard InChI is InChI=1S/C26H24FN3O7/c1-13-16-9-18-19(14-4-6-15(27)7-5-14)12-36-21(18)11-22(16)37-25(34)17(13)10-23(31)30-20(24(32)33)3-2-8-29-26(28)35/h4-7,9,11-12,20H,2-3,8,10H2,1H3,(H,30,31)(H,32,33)(H3,28,29,35). The van der Waals surface area contributed by atoms with E-state index in [1.807, 2.05) is 0 Å². The number of hydrogen-bond donors (Lipinski definition) is 4. The van der Waals surface area contributed by atoms with E-state index in [0.29, 0.717) is 21.9 Å². The van der Waals surface area contributed by atoms with Gasteiger partial charge < -0.3 is 30.3 Å². The van der Waals surface area contributed by atoms with Crippen LogP contribution in [0.3, 0.4) is 0 Å². The highest BCUT2D eigenvalue weighted by atomic mass is 19.1. The average Bonchev–Trinajstić information content (AvgIpc) is 3.25. The number of carboxylic acid groups (broad SMARTS) is 1. The van der Waals surface area contributed by atoms with E-state index in [-0.39, 0.29) is 42.8 Å². The normalized spacial score (nSPS) is 11.9. The molecule has 1 atom stereocenters. The molecule has 0 saturated carbocycles. The van der Waals surface area contributed by atoms with Crippen molar-refractivity contribution in [1.29, 1.82) is 0 Å². The highest BCUT2D eigenvalue weighted by Crippen LogP contribution is 2.34. The lowest BCUT2D eigenvalue weighted by atomic mass is 9.99. The number of amides is 3. The van der Waals surface area contributed by atoms with Crippen LogP contribution in [0.2, 0.25) is 0 Å². The van der Waals surface area contributed by atoms with Crippen molar-refractivity contribution >= 4 is 39.8 Å². The number of aliphatic carboxylic acids is 1. The number of urea groups is 1. The Labute approximate surface area is 209 Å². The first-order chi connectivity index (χ1) is 17.6. The number of nitrogens with one attached hydrogen (secondary N) is 2. The highest BCUT2D eigenvalue weighted by molar-refractivity contribution is 6.02. The van der Waals surface area contributed by atoms with Gasteiger partial charge in [0.1, 0.15) is 23.0 Å². The summed E-state index contributed by atoms with van der Waals surface area (Å²) in [4.78, 5) is 47.7. The van der Waals surface area contributed by atoms with Gasteiger partial charge in [0.2, 0.25) is 5.91 Å². The lowest BCUT2D eigenvalue weighted by molar-refractivity contribution is -0.141. The number of hydrogen-bond acceptors (Lipinski definition) is 6. The molecule has 2 aromatic carbocycles. The van der Waals surface area contributed by atoms with E-state index in [2.05, 4.69) is 10.6 Å². The minimum Gasteiger partial charge on any atom is -0.480 e. The van der Waals surface area contributed by atoms with Crippen LogP contribution < -0.4 is 22.0 Å². The summed E-state index contributed by atoms with van der Waals surface area (Å²) in [5, 5.41) is 15.5. The second-order valence-electron chi connectivity index (χ2n) is 8.56. The second kappa shape index (κ2) is 10.5. The average molecular weight is 509 g/mol. The quantitative estimate of drug-likeness (QED) is 0.199. The zero-order valence-electron chi connectivity index (χ0n) is 19.8. The van der Waals surface area contributed by atoms with Gasteiger partial charge in [0.25, 0.3) is 0 Å². The van der Waals surface area contributed by atoms with Crippen molar-refractivity contribution in [2.75, 3.05) is 6.54 Å². The molecule has 11 heteroatoms. The molecule has 37 heavy (non-hydrogen) atoms. The third-order valence-electron chi connectivity index (χ3n) is 6.08. The Balaban J connectivity index is 1.60. The van der Waals surface area contributed by atoms with Crippen molar-refractivity contribution in [3.8, 4) is 11.1 Å². The van der Waals surface area contributed by atoms with Crippen molar-refractivity contribution in [2.45, 2.75) is 32.2 Å². The summed E-state index contributed by atoms with van der Waals surface area (Å²) >= 11 is 0. The Hall–Kier alpha value is -4.67. The number of benzene rings is 2. The van der Waals surface area contributed by atoms with E-state index in [4.69, 9.17) is 14.6 Å². The number of nitrogens with two attached hydrogens (primary N) is 1. The van der Waals surface area contributed by atoms with Gasteiger partial charge in [-0.1, -0.05) is 12.1 Å². The van der Waals surface area contributed by atoms with Crippen molar-refractivity contribution in [2.24, 2.45) is 5.73 Å². The smallest absolute Gasteiger partial charge is 0.340 e. The maximum absolute atomic E-state index is 13.4. The monoisotopic (exact) mass is 509 g/mol. The SMILES string of the molecule is Cc1c(CC(=O)NC(CCCNC(N)=O)C(=O)O)c(=O)oc2cc3occ(-c4ccc(F)cc4)c3cc12. The summed E-state index contributed by atoms with van der Waals surface area (Å²) in [5.74, 6) is -2.28. The number of halogens is 1. The molecule has 0 bridgehead atoms. The van der Waals surface area contributed by atoms with Crippen LogP contribution >= 0.6 is 0 Å². The van der Waals surface area contributed by atoms with Crippen molar-refractivity contribution < 1.29 is 32.7 Å². The summed E-state index contributed by atoms with van der Waals surface area (Å²) in [6.07, 6.45) is 1.47. The Morgan fingerprint density at radius 2 is 1.84 bits per heavy atom. The fourth-order valence-corrected chi connectivity index (χ4v) is 4.15. The van der Waals surface area contributed by atoms with Gasteiger partial charge in [-0.3, -0.25) is 4.79 Å². The molecule has 192 valence electrons. The number of primary amides is 1.